The van der Waals surface area contributed by atoms with Gasteiger partial charge in [0.1, 0.15) is 73.4 Å². The molecule has 16 rings (SSSR count). The third kappa shape index (κ3) is 20.9. The van der Waals surface area contributed by atoms with Crippen molar-refractivity contribution in [2.75, 3.05) is 60.0 Å². The van der Waals surface area contributed by atoms with Gasteiger partial charge in [0.15, 0.2) is 0 Å². The molecule has 4 aliphatic carbocycles. The fourth-order valence-corrected chi connectivity index (χ4v) is 17.6. The van der Waals surface area contributed by atoms with Crippen LogP contribution >= 0.6 is 0 Å². The van der Waals surface area contributed by atoms with Crippen LogP contribution in [0.4, 0.5) is 0 Å². The molecule has 12 nitrogen and oxygen atoms in total. The molecule has 0 fully saturated rings. The Morgan fingerprint density at radius 1 is 0.331 bits per heavy atom. The molecule has 12 aromatic carbocycles. The summed E-state index contributed by atoms with van der Waals surface area (Å²) in [5, 5.41) is 18.2. The van der Waals surface area contributed by atoms with E-state index in [0.29, 0.717) is 37.7 Å². The van der Waals surface area contributed by atoms with E-state index in [1.165, 1.54) is 62.6 Å². The Kier molecular flexibility index (Phi) is 29.8. The van der Waals surface area contributed by atoms with Gasteiger partial charge in [0.2, 0.25) is 0 Å². The molecule has 626 valence electrons. The number of methoxy groups -OCH3 is 1. The molecule has 0 amide bonds. The largest absolute Gasteiger partial charge is 0.491 e. The van der Waals surface area contributed by atoms with Gasteiger partial charge in [-0.3, -0.25) is 4.79 Å². The molecule has 12 heteroatoms. The molecule has 5 unspecified atom stereocenters. The summed E-state index contributed by atoms with van der Waals surface area (Å²) >= 11 is 0. The Balaban J connectivity index is 0.000000155. The van der Waals surface area contributed by atoms with E-state index in [0.717, 1.165) is 85.7 Å². The van der Waals surface area contributed by atoms with Gasteiger partial charge < -0.3 is 53.0 Å². The van der Waals surface area contributed by atoms with Crippen molar-refractivity contribution in [3.8, 4) is 34.1 Å². The number of esters is 1. The summed E-state index contributed by atoms with van der Waals surface area (Å²) in [5.74, 6) is 4.01. The minimum atomic E-state index is -0.404. The number of carbonyl (C=O) groups is 4. The topological polar surface area (TPSA) is 164 Å². The molecule has 0 radical (unpaired) electrons. The zero-order chi connectivity index (χ0) is 86.0. The average Bonchev–Trinajstić information content (AvgIpc) is 1.55. The fourth-order valence-electron chi connectivity index (χ4n) is 17.6. The second kappa shape index (κ2) is 42.4. The first kappa shape index (κ1) is 87.0. The summed E-state index contributed by atoms with van der Waals surface area (Å²) in [6, 6.07) is 106. The van der Waals surface area contributed by atoms with E-state index >= 15 is 0 Å². The highest BCUT2D eigenvalue weighted by Crippen LogP contribution is 2.61. The Morgan fingerprint density at radius 2 is 0.661 bits per heavy atom. The second-order valence-electron chi connectivity index (χ2n) is 31.7. The normalized spacial score (nSPS) is 16.7. The summed E-state index contributed by atoms with van der Waals surface area (Å²) < 4.78 is 33.3. The maximum atomic E-state index is 11.8. The number of fused-ring (bicyclic) bond motifs is 6. The summed E-state index contributed by atoms with van der Waals surface area (Å²) in [6.45, 7) is 6.70. The van der Waals surface area contributed by atoms with E-state index in [2.05, 4.69) is 303 Å². The number of allylic oxidation sites excluding steroid dienone is 8. The van der Waals surface area contributed by atoms with Crippen molar-refractivity contribution in [1.29, 1.82) is 0 Å². The minimum absolute atomic E-state index is 0.00928. The highest BCUT2D eigenvalue weighted by molar-refractivity contribution is 5.93. The van der Waals surface area contributed by atoms with Crippen LogP contribution in [-0.4, -0.2) is 93.5 Å². The van der Waals surface area contributed by atoms with E-state index in [4.69, 9.17) is 38.6 Å². The molecule has 0 bridgehead atoms. The van der Waals surface area contributed by atoms with Crippen molar-refractivity contribution in [3.63, 3.8) is 0 Å². The van der Waals surface area contributed by atoms with Gasteiger partial charge in [-0.1, -0.05) is 303 Å². The molecule has 5 atom stereocenters. The van der Waals surface area contributed by atoms with Crippen LogP contribution in [0.5, 0.6) is 23.0 Å². The second-order valence-corrected chi connectivity index (χ2v) is 31.7. The van der Waals surface area contributed by atoms with Crippen molar-refractivity contribution in [2.45, 2.75) is 82.0 Å². The molecule has 0 spiro atoms. The standard InChI is InChI=1S/C48H42O2.C35H36O6.C29H28O4/c1-35(49)13-15-37-17-29-45(30-18-37)47(43-9-5-3-6-10-43)33-39-21-25-41(26-22-39)42-27-23-40(24-28-42)34-48(44-11-7-4-8-12-44)46-31-19-38(20-32-46)16-14-36(2)50;1-25(36)11-20-34(37)41-24-23-40-29-18-14-27(15-19-29)35(26-12-16-28(17-13-26)39-22-21-38-2)32-9-5-3-7-30(32)31-8-4-6-10-33(31)35;30-17-19-32-23-13-9-21(10-14-23)29(22-11-15-24(16-12-22)33-20-18-31)27-7-3-1-5-25(27)26-6-2-4-8-28(26)29/h3-12,17-34H,13-16H2,1-2H3;3-10,12-19,30,32H,11,20-24H2,1-2H3;1-16,25,27,30-31H,17-20H2. The smallest absolute Gasteiger partial charge is 0.306 e. The lowest BCUT2D eigenvalue weighted by molar-refractivity contribution is -0.145. The van der Waals surface area contributed by atoms with Crippen LogP contribution in [0.3, 0.4) is 0 Å². The van der Waals surface area contributed by atoms with Crippen LogP contribution in [-0.2, 0) is 52.3 Å². The number of aryl methyl sites for hydroxylation is 2. The number of aliphatic hydroxyl groups excluding tert-OH is 2. The molecule has 0 aliphatic heterocycles. The third-order valence-electron chi connectivity index (χ3n) is 23.6. The molecule has 0 saturated heterocycles. The predicted molar refractivity (Wildman–Crippen MR) is 496 cm³/mol. The van der Waals surface area contributed by atoms with E-state index in [9.17, 15) is 19.2 Å². The van der Waals surface area contributed by atoms with Crippen molar-refractivity contribution < 1.29 is 57.8 Å². The van der Waals surface area contributed by atoms with E-state index in [1.807, 2.05) is 60.7 Å². The first-order valence-electron chi connectivity index (χ1n) is 42.8. The number of Topliss-reactive ketones (excluding diaryl/α,β-unsaturated/α-hetero) is 3. The van der Waals surface area contributed by atoms with Crippen LogP contribution in [0.25, 0.3) is 34.4 Å². The van der Waals surface area contributed by atoms with Gasteiger partial charge >= 0.3 is 5.97 Å². The van der Waals surface area contributed by atoms with Crippen LogP contribution in [0, 0.1) is 11.8 Å². The Hall–Kier alpha value is -13.4. The number of hydrogen-bond donors (Lipinski definition) is 2. The first-order valence-corrected chi connectivity index (χ1v) is 42.8. The minimum Gasteiger partial charge on any atom is -0.491 e. The van der Waals surface area contributed by atoms with Gasteiger partial charge in [0, 0.05) is 50.0 Å². The van der Waals surface area contributed by atoms with Gasteiger partial charge in [-0.25, -0.2) is 0 Å². The molecular weight excluding hydrogens is 1540 g/mol. The predicted octanol–water partition coefficient (Wildman–Crippen LogP) is 22.4. The summed E-state index contributed by atoms with van der Waals surface area (Å²) in [7, 11) is 1.67. The quantitative estimate of drug-likeness (QED) is 0.0223. The lowest BCUT2D eigenvalue weighted by Crippen LogP contribution is -2.35. The lowest BCUT2D eigenvalue weighted by Gasteiger charge is -2.39. The zero-order valence-electron chi connectivity index (χ0n) is 70.8. The highest BCUT2D eigenvalue weighted by atomic mass is 16.6. The van der Waals surface area contributed by atoms with Crippen LogP contribution in [0.1, 0.15) is 147 Å². The van der Waals surface area contributed by atoms with Crippen molar-refractivity contribution in [3.05, 3.63) is 441 Å². The molecule has 0 saturated carbocycles. The lowest BCUT2D eigenvalue weighted by atomic mass is 9.63. The third-order valence-corrected chi connectivity index (χ3v) is 23.6. The van der Waals surface area contributed by atoms with Gasteiger partial charge in [-0.05, 0) is 206 Å². The summed E-state index contributed by atoms with van der Waals surface area (Å²) in [5.41, 5.74) is 23.2. The number of ether oxygens (including phenoxy) is 6. The van der Waals surface area contributed by atoms with Crippen LogP contribution < -0.4 is 18.9 Å². The number of rotatable bonds is 34. The molecule has 0 heterocycles. The monoisotopic (exact) mass is 1640 g/mol. The number of benzene rings is 12. The Bertz CT molecular complexity index is 5540. The Labute approximate surface area is 728 Å². The van der Waals surface area contributed by atoms with Crippen molar-refractivity contribution >= 4 is 46.6 Å². The fraction of sp³-hybridized carbons (Fsp3) is 0.214. The number of ketones is 3. The van der Waals surface area contributed by atoms with Gasteiger partial charge in [-0.2, -0.15) is 0 Å². The van der Waals surface area contributed by atoms with E-state index in [-0.39, 0.29) is 99.0 Å². The van der Waals surface area contributed by atoms with Crippen LogP contribution in [0.2, 0.25) is 0 Å². The summed E-state index contributed by atoms with van der Waals surface area (Å²) in [6.07, 6.45) is 25.3. The zero-order valence-corrected chi connectivity index (χ0v) is 70.8. The number of carbonyl (C=O) groups excluding carboxylic acids is 4. The van der Waals surface area contributed by atoms with Crippen LogP contribution in [0.15, 0.2) is 352 Å². The Morgan fingerprint density at radius 3 is 1.02 bits per heavy atom. The molecule has 0 aromatic heterocycles. The van der Waals surface area contributed by atoms with Crippen molar-refractivity contribution in [2.24, 2.45) is 11.8 Å². The first-order chi connectivity index (χ1) is 60.7. The average molecular weight is 1640 g/mol. The SMILES string of the molecule is CC(=O)CCc1ccc(C(=Cc2ccc(-c3ccc(C=C(c4ccccc4)c4ccc(CCC(C)=O)cc4)cc3)cc2)c2ccccc2)cc1.COCCOc1ccc(C2(c3ccc(OCCOC(=O)CCC(C)=O)cc3)c3ccccc3C3C=CC=CC32)cc1.OCCOc1ccc(C2(c3ccc(OCCO)cc3)c3ccccc3C3C=CC=CC32)cc1. The molecular formula is C112H106O12. The molecule has 4 aliphatic rings. The van der Waals surface area contributed by atoms with E-state index < -0.39 is 5.41 Å². The number of hydrogen-bond acceptors (Lipinski definition) is 12. The van der Waals surface area contributed by atoms with E-state index in [1.54, 1.807) is 21.0 Å². The van der Waals surface area contributed by atoms with Gasteiger partial charge in [-0.15, -0.1) is 0 Å². The molecule has 12 aromatic rings. The van der Waals surface area contributed by atoms with Gasteiger partial charge in [0.25, 0.3) is 0 Å². The number of aliphatic hydroxyl groups is 2. The molecule has 124 heavy (non-hydrogen) atoms. The maximum Gasteiger partial charge on any atom is 0.306 e. The maximum absolute atomic E-state index is 11.8. The summed E-state index contributed by atoms with van der Waals surface area (Å²) in [4.78, 5) is 45.8. The van der Waals surface area contributed by atoms with Crippen molar-refractivity contribution in [1.82, 2.24) is 0 Å². The molecule has 2 N–H and O–H groups in total. The van der Waals surface area contributed by atoms with Gasteiger partial charge in [0.05, 0.1) is 37.1 Å². The highest BCUT2D eigenvalue weighted by Gasteiger charge is 2.54.